The predicted octanol–water partition coefficient (Wildman–Crippen LogP) is 3.34. The molecule has 0 aliphatic carbocycles. The van der Waals surface area contributed by atoms with E-state index >= 15 is 0 Å². The van der Waals surface area contributed by atoms with Gasteiger partial charge in [-0.3, -0.25) is 0 Å². The minimum Gasteiger partial charge on any atom is -0.396 e. The SMILES string of the molecule is OCCCC/C=C\CCc1ccccc1. The Morgan fingerprint density at radius 3 is 2.40 bits per heavy atom. The number of rotatable bonds is 7. The molecule has 1 heteroatoms. The van der Waals surface area contributed by atoms with Gasteiger partial charge in [0.1, 0.15) is 0 Å². The van der Waals surface area contributed by atoms with E-state index in [4.69, 9.17) is 5.11 Å². The molecule has 0 bridgehead atoms. The van der Waals surface area contributed by atoms with Crippen LogP contribution in [0.5, 0.6) is 0 Å². The van der Waals surface area contributed by atoms with Crippen LogP contribution in [0.3, 0.4) is 0 Å². The molecule has 1 rings (SSSR count). The molecule has 1 nitrogen and oxygen atoms in total. The van der Waals surface area contributed by atoms with E-state index in [1.54, 1.807) is 0 Å². The Labute approximate surface area is 92.5 Å². The minimum atomic E-state index is 0.317. The van der Waals surface area contributed by atoms with Gasteiger partial charge in [-0.1, -0.05) is 42.5 Å². The molecule has 0 unspecified atom stereocenters. The van der Waals surface area contributed by atoms with Gasteiger partial charge in [0, 0.05) is 6.61 Å². The highest BCUT2D eigenvalue weighted by molar-refractivity contribution is 5.15. The normalized spacial score (nSPS) is 11.0. The first kappa shape index (κ1) is 12.0. The van der Waals surface area contributed by atoms with Crippen LogP contribution in [0.25, 0.3) is 0 Å². The molecule has 1 aromatic rings. The van der Waals surface area contributed by atoms with Crippen LogP contribution < -0.4 is 0 Å². The van der Waals surface area contributed by atoms with Crippen molar-refractivity contribution in [1.82, 2.24) is 0 Å². The Morgan fingerprint density at radius 2 is 1.67 bits per heavy atom. The van der Waals surface area contributed by atoms with Gasteiger partial charge in [0.15, 0.2) is 0 Å². The third-order valence-electron chi connectivity index (χ3n) is 2.39. The number of hydrogen-bond donors (Lipinski definition) is 1. The molecule has 0 aliphatic rings. The van der Waals surface area contributed by atoms with Crippen molar-refractivity contribution in [2.75, 3.05) is 6.61 Å². The average molecular weight is 204 g/mol. The highest BCUT2D eigenvalue weighted by atomic mass is 16.2. The Kier molecular flexibility index (Phi) is 6.59. The second-order valence-corrected chi connectivity index (χ2v) is 3.72. The summed E-state index contributed by atoms with van der Waals surface area (Å²) < 4.78 is 0. The van der Waals surface area contributed by atoms with Gasteiger partial charge < -0.3 is 5.11 Å². The molecular formula is C14H20O. The molecule has 0 spiro atoms. The summed E-state index contributed by atoms with van der Waals surface area (Å²) in [5.74, 6) is 0. The van der Waals surface area contributed by atoms with E-state index < -0.39 is 0 Å². The van der Waals surface area contributed by atoms with Gasteiger partial charge in [0.25, 0.3) is 0 Å². The van der Waals surface area contributed by atoms with E-state index in [0.29, 0.717) is 6.61 Å². The summed E-state index contributed by atoms with van der Waals surface area (Å²) in [6.07, 6.45) is 9.81. The Morgan fingerprint density at radius 1 is 0.933 bits per heavy atom. The van der Waals surface area contributed by atoms with Crippen molar-refractivity contribution in [3.05, 3.63) is 48.0 Å². The molecule has 0 heterocycles. The third-order valence-corrected chi connectivity index (χ3v) is 2.39. The summed E-state index contributed by atoms with van der Waals surface area (Å²) in [4.78, 5) is 0. The first-order valence-electron chi connectivity index (χ1n) is 5.73. The van der Waals surface area contributed by atoms with Crippen LogP contribution in [-0.4, -0.2) is 11.7 Å². The maximum absolute atomic E-state index is 8.59. The van der Waals surface area contributed by atoms with Gasteiger partial charge in [0.2, 0.25) is 0 Å². The lowest BCUT2D eigenvalue weighted by molar-refractivity contribution is 0.285. The van der Waals surface area contributed by atoms with Gasteiger partial charge in [-0.05, 0) is 37.7 Å². The lowest BCUT2D eigenvalue weighted by Crippen LogP contribution is -1.82. The number of hydrogen-bond acceptors (Lipinski definition) is 1. The lowest BCUT2D eigenvalue weighted by Gasteiger charge is -1.96. The van der Waals surface area contributed by atoms with Crippen LogP contribution in [-0.2, 0) is 6.42 Å². The molecule has 0 fully saturated rings. The van der Waals surface area contributed by atoms with E-state index in [9.17, 15) is 0 Å². The largest absolute Gasteiger partial charge is 0.396 e. The molecule has 0 radical (unpaired) electrons. The summed E-state index contributed by atoms with van der Waals surface area (Å²) in [5, 5.41) is 8.59. The molecule has 1 aromatic carbocycles. The van der Waals surface area contributed by atoms with Crippen molar-refractivity contribution in [2.24, 2.45) is 0 Å². The fourth-order valence-electron chi connectivity index (χ4n) is 1.50. The van der Waals surface area contributed by atoms with Crippen LogP contribution in [0.2, 0.25) is 0 Å². The second kappa shape index (κ2) is 8.25. The standard InChI is InChI=1S/C14H20O/c15-13-9-4-2-1-3-6-10-14-11-7-5-8-12-14/h1,3,5,7-8,11-12,15H,2,4,6,9-10,13H2/b3-1-. The first-order valence-corrected chi connectivity index (χ1v) is 5.73. The molecule has 0 saturated carbocycles. The molecule has 1 N–H and O–H groups in total. The fourth-order valence-corrected chi connectivity index (χ4v) is 1.50. The predicted molar refractivity (Wildman–Crippen MR) is 64.8 cm³/mol. The van der Waals surface area contributed by atoms with E-state index in [0.717, 1.165) is 32.1 Å². The summed E-state index contributed by atoms with van der Waals surface area (Å²) in [7, 11) is 0. The van der Waals surface area contributed by atoms with Crippen LogP contribution in [0, 0.1) is 0 Å². The highest BCUT2D eigenvalue weighted by Crippen LogP contribution is 2.03. The van der Waals surface area contributed by atoms with Crippen molar-refractivity contribution >= 4 is 0 Å². The average Bonchev–Trinajstić information content (AvgIpc) is 2.29. The smallest absolute Gasteiger partial charge is 0.0431 e. The van der Waals surface area contributed by atoms with Gasteiger partial charge in [0.05, 0.1) is 0 Å². The van der Waals surface area contributed by atoms with E-state index in [1.807, 2.05) is 6.07 Å². The molecular weight excluding hydrogens is 184 g/mol. The summed E-state index contributed by atoms with van der Waals surface area (Å²) in [5.41, 5.74) is 1.40. The number of allylic oxidation sites excluding steroid dienone is 2. The molecule has 0 aromatic heterocycles. The van der Waals surface area contributed by atoms with Crippen molar-refractivity contribution < 1.29 is 5.11 Å². The van der Waals surface area contributed by atoms with Gasteiger partial charge >= 0.3 is 0 Å². The topological polar surface area (TPSA) is 20.2 Å². The van der Waals surface area contributed by atoms with Crippen molar-refractivity contribution in [2.45, 2.75) is 32.1 Å². The third kappa shape index (κ3) is 6.08. The number of benzene rings is 1. The van der Waals surface area contributed by atoms with Crippen LogP contribution in [0.4, 0.5) is 0 Å². The van der Waals surface area contributed by atoms with Crippen molar-refractivity contribution in [3.8, 4) is 0 Å². The lowest BCUT2D eigenvalue weighted by atomic mass is 10.1. The maximum Gasteiger partial charge on any atom is 0.0431 e. The van der Waals surface area contributed by atoms with Crippen LogP contribution in [0.1, 0.15) is 31.2 Å². The number of aliphatic hydroxyl groups is 1. The van der Waals surface area contributed by atoms with Gasteiger partial charge in [-0.15, -0.1) is 0 Å². The summed E-state index contributed by atoms with van der Waals surface area (Å²) in [6, 6.07) is 10.5. The Hall–Kier alpha value is -1.08. The van der Waals surface area contributed by atoms with E-state index in [1.165, 1.54) is 5.56 Å². The molecule has 15 heavy (non-hydrogen) atoms. The quantitative estimate of drug-likeness (QED) is 0.533. The molecule has 0 atom stereocenters. The zero-order valence-electron chi connectivity index (χ0n) is 9.23. The fraction of sp³-hybridized carbons (Fsp3) is 0.429. The minimum absolute atomic E-state index is 0.317. The molecule has 0 saturated heterocycles. The van der Waals surface area contributed by atoms with Crippen molar-refractivity contribution in [3.63, 3.8) is 0 Å². The monoisotopic (exact) mass is 204 g/mol. The van der Waals surface area contributed by atoms with Crippen molar-refractivity contribution in [1.29, 1.82) is 0 Å². The number of aryl methyl sites for hydroxylation is 1. The van der Waals surface area contributed by atoms with Crippen LogP contribution in [0.15, 0.2) is 42.5 Å². The second-order valence-electron chi connectivity index (χ2n) is 3.72. The zero-order valence-corrected chi connectivity index (χ0v) is 9.23. The van der Waals surface area contributed by atoms with E-state index in [-0.39, 0.29) is 0 Å². The molecule has 0 amide bonds. The highest BCUT2D eigenvalue weighted by Gasteiger charge is 1.88. The van der Waals surface area contributed by atoms with Gasteiger partial charge in [-0.2, -0.15) is 0 Å². The zero-order chi connectivity index (χ0) is 10.8. The summed E-state index contributed by atoms with van der Waals surface area (Å²) >= 11 is 0. The first-order chi connectivity index (χ1) is 7.43. The Balaban J connectivity index is 2.06. The maximum atomic E-state index is 8.59. The Bertz CT molecular complexity index is 264. The summed E-state index contributed by atoms with van der Waals surface area (Å²) in [6.45, 7) is 0.317. The number of aliphatic hydroxyl groups excluding tert-OH is 1. The van der Waals surface area contributed by atoms with E-state index in [2.05, 4.69) is 36.4 Å². The number of unbranched alkanes of at least 4 members (excludes halogenated alkanes) is 2. The van der Waals surface area contributed by atoms with Crippen LogP contribution >= 0.6 is 0 Å². The van der Waals surface area contributed by atoms with Gasteiger partial charge in [-0.25, -0.2) is 0 Å². The molecule has 0 aliphatic heterocycles. The molecule has 82 valence electrons.